The minimum absolute atomic E-state index is 0.388. The van der Waals surface area contributed by atoms with Crippen LogP contribution in [-0.2, 0) is 0 Å². The van der Waals surface area contributed by atoms with Crippen molar-refractivity contribution in [3.63, 3.8) is 0 Å². The van der Waals surface area contributed by atoms with Crippen molar-refractivity contribution in [3.8, 4) is 0 Å². The van der Waals surface area contributed by atoms with Crippen molar-refractivity contribution >= 4 is 60.1 Å². The molecule has 0 fully saturated rings. The molecule has 2 aromatic rings. The molecule has 1 aliphatic heterocycles. The standard InChI is InChI=1S/C17H18I2N2P/c1-20-12-13-21(17(20)18)14-22(19,15-8-4-2-5-9-15)16-10-6-3-7-11-16/h2-13,17H,14H2,1H3/q+1. The Labute approximate surface area is 159 Å². The van der Waals surface area contributed by atoms with Gasteiger partial charge in [0.2, 0.25) is 0 Å². The summed E-state index contributed by atoms with van der Waals surface area (Å²) in [6, 6.07) is 21.9. The van der Waals surface area contributed by atoms with Gasteiger partial charge in [-0.2, -0.15) is 0 Å². The summed E-state index contributed by atoms with van der Waals surface area (Å²) in [5, 5.41) is 2.90. The van der Waals surface area contributed by atoms with Gasteiger partial charge in [-0.3, -0.25) is 0 Å². The highest BCUT2D eigenvalue weighted by Gasteiger charge is 2.44. The summed E-state index contributed by atoms with van der Waals surface area (Å²) < 4.78 is 0.388. The Morgan fingerprint density at radius 2 is 1.41 bits per heavy atom. The van der Waals surface area contributed by atoms with Crippen LogP contribution in [0.1, 0.15) is 0 Å². The van der Waals surface area contributed by atoms with Crippen LogP contribution in [0, 0.1) is 0 Å². The van der Waals surface area contributed by atoms with E-state index >= 15 is 0 Å². The maximum absolute atomic E-state index is 2.73. The molecule has 1 heterocycles. The van der Waals surface area contributed by atoms with Crippen LogP contribution < -0.4 is 10.6 Å². The van der Waals surface area contributed by atoms with Crippen LogP contribution in [-0.4, -0.2) is 27.3 Å². The second-order valence-corrected chi connectivity index (χ2v) is 14.1. The lowest BCUT2D eigenvalue weighted by Gasteiger charge is -2.29. The zero-order chi connectivity index (χ0) is 15.6. The topological polar surface area (TPSA) is 6.48 Å². The van der Waals surface area contributed by atoms with Crippen molar-refractivity contribution in [1.82, 2.24) is 9.80 Å². The number of alkyl halides is 1. The molecule has 0 aromatic heterocycles. The van der Waals surface area contributed by atoms with E-state index in [1.807, 2.05) is 0 Å². The Hall–Kier alpha value is -0.330. The van der Waals surface area contributed by atoms with E-state index in [0.29, 0.717) is 4.17 Å². The minimum Gasteiger partial charge on any atom is -0.351 e. The molecule has 1 aliphatic rings. The molecule has 3 rings (SSSR count). The van der Waals surface area contributed by atoms with Gasteiger partial charge in [0, 0.05) is 19.4 Å². The van der Waals surface area contributed by atoms with Crippen LogP contribution in [0.2, 0.25) is 0 Å². The molecule has 114 valence electrons. The molecule has 1 unspecified atom stereocenters. The van der Waals surface area contributed by atoms with Gasteiger partial charge in [0.1, 0.15) is 16.9 Å². The van der Waals surface area contributed by atoms with Gasteiger partial charge >= 0.3 is 0 Å². The predicted octanol–water partition coefficient (Wildman–Crippen LogP) is 4.40. The summed E-state index contributed by atoms with van der Waals surface area (Å²) in [7, 11) is 2.13. The van der Waals surface area contributed by atoms with Crippen molar-refractivity contribution in [2.45, 2.75) is 4.17 Å². The first kappa shape index (κ1) is 16.5. The number of benzene rings is 2. The van der Waals surface area contributed by atoms with Crippen LogP contribution in [0.25, 0.3) is 0 Å². The minimum atomic E-state index is -1.47. The lowest BCUT2D eigenvalue weighted by Crippen LogP contribution is -2.35. The number of nitrogens with zero attached hydrogens (tertiary/aromatic N) is 2. The average molecular weight is 535 g/mol. The highest BCUT2D eigenvalue weighted by atomic mass is 127. The summed E-state index contributed by atoms with van der Waals surface area (Å²) in [6.07, 6.45) is 5.43. The lowest BCUT2D eigenvalue weighted by atomic mass is 10.4. The quantitative estimate of drug-likeness (QED) is 0.248. The van der Waals surface area contributed by atoms with Crippen LogP contribution in [0.3, 0.4) is 0 Å². The first-order valence-electron chi connectivity index (χ1n) is 7.10. The first-order valence-corrected chi connectivity index (χ1v) is 13.1. The van der Waals surface area contributed by atoms with Gasteiger partial charge < -0.3 is 9.80 Å². The second kappa shape index (κ2) is 7.05. The van der Waals surface area contributed by atoms with Crippen LogP contribution in [0.4, 0.5) is 0 Å². The summed E-state index contributed by atoms with van der Waals surface area (Å²) in [5.41, 5.74) is 0. The van der Waals surface area contributed by atoms with Crippen molar-refractivity contribution in [2.24, 2.45) is 0 Å². The summed E-state index contributed by atoms with van der Waals surface area (Å²) >= 11 is 5.23. The number of halogens is 2. The van der Waals surface area contributed by atoms with Crippen molar-refractivity contribution in [3.05, 3.63) is 73.1 Å². The monoisotopic (exact) mass is 535 g/mol. The number of rotatable bonds is 4. The maximum atomic E-state index is 2.73. The van der Waals surface area contributed by atoms with Gasteiger partial charge in [0.25, 0.3) is 0 Å². The molecular weight excluding hydrogens is 517 g/mol. The van der Waals surface area contributed by atoms with E-state index in [0.717, 1.165) is 6.29 Å². The van der Waals surface area contributed by atoms with Crippen molar-refractivity contribution in [2.75, 3.05) is 13.3 Å². The van der Waals surface area contributed by atoms with E-state index in [1.54, 1.807) is 0 Å². The van der Waals surface area contributed by atoms with E-state index in [2.05, 4.69) is 135 Å². The fourth-order valence-electron chi connectivity index (χ4n) is 2.55. The Bertz CT molecular complexity index is 609. The number of hydrogen-bond acceptors (Lipinski definition) is 2. The van der Waals surface area contributed by atoms with E-state index in [1.165, 1.54) is 10.6 Å². The molecule has 5 heteroatoms. The second-order valence-electron chi connectivity index (χ2n) is 5.32. The molecule has 1 atom stereocenters. The van der Waals surface area contributed by atoms with Crippen LogP contribution >= 0.6 is 49.5 Å². The largest absolute Gasteiger partial charge is 0.351 e. The van der Waals surface area contributed by atoms with Gasteiger partial charge in [0.15, 0.2) is 31.1 Å². The first-order chi connectivity index (χ1) is 10.6. The van der Waals surface area contributed by atoms with Crippen LogP contribution in [0.15, 0.2) is 73.1 Å². The van der Waals surface area contributed by atoms with E-state index in [9.17, 15) is 0 Å². The van der Waals surface area contributed by atoms with Gasteiger partial charge in [-0.15, -0.1) is 0 Å². The van der Waals surface area contributed by atoms with Gasteiger partial charge in [-0.25, -0.2) is 0 Å². The predicted molar refractivity (Wildman–Crippen MR) is 115 cm³/mol. The Kier molecular flexibility index (Phi) is 5.30. The molecular formula is C17H18I2N2P+. The van der Waals surface area contributed by atoms with Gasteiger partial charge in [-0.1, -0.05) is 36.4 Å². The normalized spacial score (nSPS) is 18.0. The molecule has 0 amide bonds. The third kappa shape index (κ3) is 3.29. The van der Waals surface area contributed by atoms with E-state index in [4.69, 9.17) is 0 Å². The molecule has 2 aromatic carbocycles. The third-order valence-electron chi connectivity index (χ3n) is 3.79. The zero-order valence-corrected chi connectivity index (χ0v) is 17.5. The van der Waals surface area contributed by atoms with Crippen LogP contribution in [0.5, 0.6) is 0 Å². The van der Waals surface area contributed by atoms with Gasteiger partial charge in [0.05, 0.1) is 0 Å². The molecule has 0 saturated heterocycles. The fourth-order valence-corrected chi connectivity index (χ4v) is 9.03. The van der Waals surface area contributed by atoms with Crippen molar-refractivity contribution < 1.29 is 0 Å². The maximum Gasteiger partial charge on any atom is 0.169 e. The fraction of sp³-hybridized carbons (Fsp3) is 0.176. The highest BCUT2D eigenvalue weighted by Crippen LogP contribution is 2.65. The summed E-state index contributed by atoms with van der Waals surface area (Å²) in [5.74, 6) is 0. The lowest BCUT2D eigenvalue weighted by molar-refractivity contribution is 0.309. The molecule has 0 spiro atoms. The van der Waals surface area contributed by atoms with E-state index in [-0.39, 0.29) is 0 Å². The summed E-state index contributed by atoms with van der Waals surface area (Å²) in [6.45, 7) is 0. The summed E-state index contributed by atoms with van der Waals surface area (Å²) in [4.78, 5) is 3.22. The Balaban J connectivity index is 1.99. The zero-order valence-electron chi connectivity index (χ0n) is 12.3. The molecule has 0 bridgehead atoms. The molecule has 2 nitrogen and oxygen atoms in total. The highest BCUT2D eigenvalue weighted by molar-refractivity contribution is 14.2. The van der Waals surface area contributed by atoms with Gasteiger partial charge in [-0.05, 0) is 46.9 Å². The third-order valence-corrected chi connectivity index (χ3v) is 12.6. The number of hydrogen-bond donors (Lipinski definition) is 0. The molecule has 0 aliphatic carbocycles. The molecule has 0 saturated carbocycles. The van der Waals surface area contributed by atoms with E-state index < -0.39 is 4.90 Å². The molecule has 0 radical (unpaired) electrons. The Morgan fingerprint density at radius 3 is 1.82 bits per heavy atom. The Morgan fingerprint density at radius 1 is 0.909 bits per heavy atom. The molecule has 0 N–H and O–H groups in total. The molecule has 22 heavy (non-hydrogen) atoms. The average Bonchev–Trinajstić information content (AvgIpc) is 2.88. The SMILES string of the molecule is CN1C=CN(C[P+](I)(c2ccccc2)c2ccccc2)C1I. The smallest absolute Gasteiger partial charge is 0.169 e. The van der Waals surface area contributed by atoms with Crippen molar-refractivity contribution in [1.29, 1.82) is 0 Å².